The molecule has 0 radical (unpaired) electrons. The zero-order valence-corrected chi connectivity index (χ0v) is 21.5. The molecule has 1 aliphatic rings. The number of rotatable bonds is 11. The highest BCUT2D eigenvalue weighted by Gasteiger charge is 2.34. The Hall–Kier alpha value is -3.72. The monoisotopic (exact) mass is 509 g/mol. The van der Waals surface area contributed by atoms with E-state index in [2.05, 4.69) is 13.2 Å². The van der Waals surface area contributed by atoms with Gasteiger partial charge in [-0.05, 0) is 32.4 Å². The summed E-state index contributed by atoms with van der Waals surface area (Å²) in [7, 11) is 0. The molecule has 1 aliphatic heterocycles. The van der Waals surface area contributed by atoms with Crippen LogP contribution in [0.3, 0.4) is 0 Å². The molecule has 0 aliphatic carbocycles. The first-order valence-electron chi connectivity index (χ1n) is 11.8. The SMILES string of the molecule is C=C/C=C(\C=C)C(=O)N1CCC(N(c2ccccc2)c2nc(CC(=O)OCC)c(C(=O)OCC)s2)C1. The molecule has 0 spiro atoms. The number of thiazole rings is 1. The molecule has 0 bridgehead atoms. The molecule has 3 rings (SSSR count). The van der Waals surface area contributed by atoms with Crippen LogP contribution in [0.2, 0.25) is 0 Å². The van der Waals surface area contributed by atoms with Gasteiger partial charge >= 0.3 is 11.9 Å². The number of carbonyl (C=O) groups is 3. The van der Waals surface area contributed by atoms with E-state index in [9.17, 15) is 14.4 Å². The van der Waals surface area contributed by atoms with Crippen LogP contribution in [0.5, 0.6) is 0 Å². The van der Waals surface area contributed by atoms with Crippen molar-refractivity contribution in [3.63, 3.8) is 0 Å². The Morgan fingerprint density at radius 3 is 2.53 bits per heavy atom. The number of hydrogen-bond acceptors (Lipinski definition) is 8. The number of aromatic nitrogens is 1. The maximum absolute atomic E-state index is 13.0. The van der Waals surface area contributed by atoms with Crippen LogP contribution in [0.15, 0.2) is 67.3 Å². The van der Waals surface area contributed by atoms with Gasteiger partial charge < -0.3 is 19.3 Å². The largest absolute Gasteiger partial charge is 0.466 e. The third-order valence-corrected chi connectivity index (χ3v) is 6.66. The summed E-state index contributed by atoms with van der Waals surface area (Å²) in [5.41, 5.74) is 1.67. The number of hydrogen-bond donors (Lipinski definition) is 0. The zero-order valence-electron chi connectivity index (χ0n) is 20.6. The minimum atomic E-state index is -0.526. The molecule has 190 valence electrons. The molecule has 8 nitrogen and oxygen atoms in total. The molecule has 1 aromatic carbocycles. The molecule has 9 heteroatoms. The molecule has 1 unspecified atom stereocenters. The lowest BCUT2D eigenvalue weighted by Gasteiger charge is -2.29. The minimum absolute atomic E-state index is 0.0946. The number of anilines is 2. The summed E-state index contributed by atoms with van der Waals surface area (Å²) in [6.45, 7) is 12.3. The fourth-order valence-electron chi connectivity index (χ4n) is 4.01. The highest BCUT2D eigenvalue weighted by atomic mass is 32.1. The van der Waals surface area contributed by atoms with E-state index in [0.29, 0.717) is 35.9 Å². The number of para-hydroxylation sites is 1. The van der Waals surface area contributed by atoms with Gasteiger partial charge in [0.15, 0.2) is 5.13 Å². The summed E-state index contributed by atoms with van der Waals surface area (Å²) in [6.07, 6.45) is 5.30. The van der Waals surface area contributed by atoms with Crippen LogP contribution in [0.1, 0.15) is 35.6 Å². The molecule has 1 amide bonds. The average Bonchev–Trinajstić information content (AvgIpc) is 3.51. The third kappa shape index (κ3) is 6.28. The average molecular weight is 510 g/mol. The number of esters is 2. The standard InChI is InChI=1S/C27H31N3O5S/c1-5-12-19(6-2)25(32)29-16-15-21(18-29)30(20-13-10-9-11-14-20)27-28-22(17-23(31)34-7-3)24(36-27)26(33)35-8-4/h5-6,9-14,21H,1-2,7-8,15-18H2,3-4H3/b19-12+. The van der Waals surface area contributed by atoms with E-state index in [1.807, 2.05) is 35.2 Å². The fourth-order valence-corrected chi connectivity index (χ4v) is 5.08. The molecule has 36 heavy (non-hydrogen) atoms. The lowest BCUT2D eigenvalue weighted by Crippen LogP contribution is -2.36. The van der Waals surface area contributed by atoms with Gasteiger partial charge in [-0.3, -0.25) is 9.59 Å². The van der Waals surface area contributed by atoms with Crippen molar-refractivity contribution in [2.45, 2.75) is 32.7 Å². The Balaban J connectivity index is 1.99. The van der Waals surface area contributed by atoms with E-state index in [-0.39, 0.29) is 36.5 Å². The Bertz CT molecular complexity index is 1140. The predicted octanol–water partition coefficient (Wildman–Crippen LogP) is 4.46. The topological polar surface area (TPSA) is 89.0 Å². The molecule has 1 atom stereocenters. The third-order valence-electron chi connectivity index (χ3n) is 5.58. The number of benzene rings is 1. The first-order chi connectivity index (χ1) is 17.4. The van der Waals surface area contributed by atoms with Crippen LogP contribution >= 0.6 is 11.3 Å². The maximum Gasteiger partial charge on any atom is 0.350 e. The number of ether oxygens (including phenoxy) is 2. The Labute approximate surface area is 215 Å². The van der Waals surface area contributed by atoms with Gasteiger partial charge in [0.05, 0.1) is 31.4 Å². The normalized spacial score (nSPS) is 15.3. The first kappa shape index (κ1) is 26.9. The second-order valence-corrected chi connectivity index (χ2v) is 8.91. The Morgan fingerprint density at radius 1 is 1.17 bits per heavy atom. The Morgan fingerprint density at radius 2 is 1.89 bits per heavy atom. The summed E-state index contributed by atoms with van der Waals surface area (Å²) >= 11 is 1.17. The molecule has 1 aromatic heterocycles. The molecule has 2 heterocycles. The van der Waals surface area contributed by atoms with Gasteiger partial charge in [-0.15, -0.1) is 0 Å². The van der Waals surface area contributed by atoms with E-state index < -0.39 is 11.9 Å². The van der Waals surface area contributed by atoms with Crippen LogP contribution < -0.4 is 4.90 Å². The summed E-state index contributed by atoms with van der Waals surface area (Å²) in [5, 5.41) is 0.549. The van der Waals surface area contributed by atoms with Crippen molar-refractivity contribution < 1.29 is 23.9 Å². The van der Waals surface area contributed by atoms with E-state index in [4.69, 9.17) is 14.5 Å². The van der Waals surface area contributed by atoms with Gasteiger partial charge in [-0.25, -0.2) is 9.78 Å². The number of amides is 1. The van der Waals surface area contributed by atoms with Gasteiger partial charge in [0.2, 0.25) is 0 Å². The fraction of sp³-hybridized carbons (Fsp3) is 0.333. The van der Waals surface area contributed by atoms with Gasteiger partial charge in [-0.2, -0.15) is 0 Å². The van der Waals surface area contributed by atoms with Crippen molar-refractivity contribution in [3.8, 4) is 0 Å². The Kier molecular flexibility index (Phi) is 9.58. The summed E-state index contributed by atoms with van der Waals surface area (Å²) in [6, 6.07) is 9.56. The summed E-state index contributed by atoms with van der Waals surface area (Å²) in [5.74, 6) is -1.11. The molecular weight excluding hydrogens is 478 g/mol. The number of nitrogens with zero attached hydrogens (tertiary/aromatic N) is 3. The van der Waals surface area contributed by atoms with E-state index >= 15 is 0 Å². The van der Waals surface area contributed by atoms with E-state index in [0.717, 1.165) is 5.69 Å². The van der Waals surface area contributed by atoms with Crippen LogP contribution in [0, 0.1) is 0 Å². The second-order valence-electron chi connectivity index (χ2n) is 7.94. The highest BCUT2D eigenvalue weighted by Crippen LogP contribution is 2.37. The molecule has 0 saturated carbocycles. The lowest BCUT2D eigenvalue weighted by molar-refractivity contribution is -0.142. The highest BCUT2D eigenvalue weighted by molar-refractivity contribution is 7.17. The van der Waals surface area contributed by atoms with E-state index in [1.165, 1.54) is 17.4 Å². The van der Waals surface area contributed by atoms with Gasteiger partial charge in [0.25, 0.3) is 5.91 Å². The first-order valence-corrected chi connectivity index (χ1v) is 12.7. The van der Waals surface area contributed by atoms with Gasteiger partial charge in [0.1, 0.15) is 4.88 Å². The van der Waals surface area contributed by atoms with Gasteiger partial charge in [-0.1, -0.05) is 60.9 Å². The number of allylic oxidation sites excluding steroid dienone is 2. The van der Waals surface area contributed by atoms with Crippen molar-refractivity contribution >= 4 is 40.0 Å². The predicted molar refractivity (Wildman–Crippen MR) is 140 cm³/mol. The molecule has 0 N–H and O–H groups in total. The van der Waals surface area contributed by atoms with Crippen molar-refractivity contribution in [1.29, 1.82) is 0 Å². The summed E-state index contributed by atoms with van der Waals surface area (Å²) in [4.78, 5) is 46.7. The van der Waals surface area contributed by atoms with Crippen LogP contribution in [0.25, 0.3) is 0 Å². The smallest absolute Gasteiger partial charge is 0.350 e. The maximum atomic E-state index is 13.0. The van der Waals surface area contributed by atoms with Crippen LogP contribution in [0.4, 0.5) is 10.8 Å². The number of likely N-dealkylation sites (tertiary alicyclic amines) is 1. The zero-order chi connectivity index (χ0) is 26.1. The second kappa shape index (κ2) is 12.8. The summed E-state index contributed by atoms with van der Waals surface area (Å²) < 4.78 is 10.3. The molecular formula is C27H31N3O5S. The van der Waals surface area contributed by atoms with Crippen molar-refractivity contribution in [2.75, 3.05) is 31.2 Å². The van der Waals surface area contributed by atoms with Crippen molar-refractivity contribution in [3.05, 3.63) is 77.9 Å². The van der Waals surface area contributed by atoms with Crippen LogP contribution in [-0.2, 0) is 25.5 Å². The quantitative estimate of drug-likeness (QED) is 0.251. The molecule has 1 saturated heterocycles. The lowest BCUT2D eigenvalue weighted by atomic mass is 10.2. The van der Waals surface area contributed by atoms with Crippen LogP contribution in [-0.4, -0.2) is 60.1 Å². The minimum Gasteiger partial charge on any atom is -0.466 e. The molecule has 1 fully saturated rings. The van der Waals surface area contributed by atoms with Gasteiger partial charge in [0, 0.05) is 24.4 Å². The molecule has 2 aromatic rings. The van der Waals surface area contributed by atoms with Crippen molar-refractivity contribution in [2.24, 2.45) is 0 Å². The number of carbonyl (C=O) groups excluding carboxylic acids is 3. The van der Waals surface area contributed by atoms with Crippen molar-refractivity contribution in [1.82, 2.24) is 9.88 Å². The van der Waals surface area contributed by atoms with E-state index in [1.54, 1.807) is 30.9 Å².